The molecule has 1 fully saturated rings. The number of hydrogen-bond donors (Lipinski definition) is 1. The highest BCUT2D eigenvalue weighted by Gasteiger charge is 2.26. The van der Waals surface area contributed by atoms with E-state index >= 15 is 0 Å². The maximum Gasteiger partial charge on any atom is 0.243 e. The third-order valence-corrected chi connectivity index (χ3v) is 8.56. The van der Waals surface area contributed by atoms with Crippen LogP contribution < -0.4 is 10.2 Å². The Morgan fingerprint density at radius 1 is 1.09 bits per heavy atom. The highest BCUT2D eigenvalue weighted by Crippen LogP contribution is 2.25. The minimum absolute atomic E-state index is 0.00668. The van der Waals surface area contributed by atoms with Crippen LogP contribution >= 0.6 is 0 Å². The van der Waals surface area contributed by atoms with E-state index in [1.165, 1.54) is 0 Å². The highest BCUT2D eigenvalue weighted by atomic mass is 32.2. The number of imidazole rings is 1. The van der Waals surface area contributed by atoms with Crippen LogP contribution in [0, 0.1) is 0 Å². The van der Waals surface area contributed by atoms with Crippen LogP contribution in [0.3, 0.4) is 0 Å². The number of aromatic nitrogens is 2. The molecule has 0 saturated carbocycles. The van der Waals surface area contributed by atoms with Crippen LogP contribution in [0.1, 0.15) is 37.9 Å². The molecule has 1 saturated heterocycles. The number of amides is 1. The zero-order valence-corrected chi connectivity index (χ0v) is 21.4. The van der Waals surface area contributed by atoms with E-state index in [9.17, 15) is 13.2 Å². The number of benzene rings is 2. The first-order valence-electron chi connectivity index (χ1n) is 12.3. The lowest BCUT2D eigenvalue weighted by Gasteiger charge is -2.25. The molecular formula is C26H35N5O3S. The van der Waals surface area contributed by atoms with E-state index < -0.39 is 10.0 Å². The van der Waals surface area contributed by atoms with Gasteiger partial charge in [-0.1, -0.05) is 24.6 Å². The second-order valence-electron chi connectivity index (χ2n) is 9.16. The number of nitrogens with zero attached hydrogens (tertiary/aromatic N) is 4. The van der Waals surface area contributed by atoms with Crippen molar-refractivity contribution in [2.75, 3.05) is 38.1 Å². The lowest BCUT2D eigenvalue weighted by molar-refractivity contribution is -0.121. The van der Waals surface area contributed by atoms with Crippen LogP contribution in [0.15, 0.2) is 53.4 Å². The molecule has 1 aromatic heterocycles. The fraction of sp³-hybridized carbons (Fsp3) is 0.462. The number of nitrogens with one attached hydrogen (secondary N) is 1. The molecule has 0 aliphatic carbocycles. The third-order valence-electron chi connectivity index (χ3n) is 6.66. The number of aryl methyl sites for hydroxylation is 2. The number of carbonyl (C=O) groups is 1. The van der Waals surface area contributed by atoms with Crippen molar-refractivity contribution in [1.82, 2.24) is 19.2 Å². The van der Waals surface area contributed by atoms with Crippen molar-refractivity contribution in [2.24, 2.45) is 7.05 Å². The SMILES string of the molecule is CN(CCCNC(=O)CCc1nc2cc(S(=O)(=O)N3CCCCC3)ccc2n1C)c1ccccc1. The van der Waals surface area contributed by atoms with Crippen molar-refractivity contribution in [2.45, 2.75) is 43.4 Å². The standard InChI is InChI=1S/C26H35N5O3S/c1-29(21-10-5-3-6-11-21)17-9-16-27-26(32)15-14-25-28-23-20-22(12-13-24(23)30(25)2)35(33,34)31-18-7-4-8-19-31/h3,5-6,10-13,20H,4,7-9,14-19H2,1-2H3,(H,27,32). The summed E-state index contributed by atoms with van der Waals surface area (Å²) in [6.07, 6.45) is 4.58. The van der Waals surface area contributed by atoms with Crippen molar-refractivity contribution >= 4 is 32.7 Å². The third kappa shape index (κ3) is 6.02. The number of fused-ring (bicyclic) bond motifs is 1. The number of para-hydroxylation sites is 1. The van der Waals surface area contributed by atoms with Gasteiger partial charge in [0.2, 0.25) is 15.9 Å². The number of piperidine rings is 1. The van der Waals surface area contributed by atoms with Gasteiger partial charge in [-0.15, -0.1) is 0 Å². The average Bonchev–Trinajstić information content (AvgIpc) is 3.21. The summed E-state index contributed by atoms with van der Waals surface area (Å²) in [7, 11) is 0.448. The molecule has 0 bridgehead atoms. The highest BCUT2D eigenvalue weighted by molar-refractivity contribution is 7.89. The summed E-state index contributed by atoms with van der Waals surface area (Å²) in [5, 5.41) is 2.99. The summed E-state index contributed by atoms with van der Waals surface area (Å²) < 4.78 is 29.6. The molecule has 0 spiro atoms. The van der Waals surface area contributed by atoms with E-state index in [0.717, 1.165) is 49.3 Å². The van der Waals surface area contributed by atoms with Gasteiger partial charge in [0.25, 0.3) is 0 Å². The van der Waals surface area contributed by atoms with Gasteiger partial charge in [0.1, 0.15) is 5.82 Å². The van der Waals surface area contributed by atoms with Crippen LogP contribution in [0.2, 0.25) is 0 Å². The van der Waals surface area contributed by atoms with E-state index in [1.807, 2.05) is 42.9 Å². The van der Waals surface area contributed by atoms with Gasteiger partial charge in [-0.3, -0.25) is 4.79 Å². The number of carbonyl (C=O) groups excluding carboxylic acids is 1. The maximum absolute atomic E-state index is 13.0. The summed E-state index contributed by atoms with van der Waals surface area (Å²) in [6.45, 7) is 2.63. The summed E-state index contributed by atoms with van der Waals surface area (Å²) in [5.74, 6) is 0.763. The van der Waals surface area contributed by atoms with Gasteiger partial charge in [0, 0.05) is 58.8 Å². The Kier molecular flexibility index (Phi) is 8.07. The van der Waals surface area contributed by atoms with Gasteiger partial charge in [0.05, 0.1) is 15.9 Å². The van der Waals surface area contributed by atoms with Gasteiger partial charge in [0.15, 0.2) is 0 Å². The molecule has 3 aromatic rings. The zero-order chi connectivity index (χ0) is 24.8. The predicted octanol–water partition coefficient (Wildman–Crippen LogP) is 3.32. The van der Waals surface area contributed by atoms with Crippen molar-refractivity contribution < 1.29 is 13.2 Å². The fourth-order valence-electron chi connectivity index (χ4n) is 4.54. The van der Waals surface area contributed by atoms with E-state index in [1.54, 1.807) is 16.4 Å². The summed E-state index contributed by atoms with van der Waals surface area (Å²) in [5.41, 5.74) is 2.67. The Balaban J connectivity index is 1.30. The first-order chi connectivity index (χ1) is 16.9. The lowest BCUT2D eigenvalue weighted by Crippen LogP contribution is -2.35. The van der Waals surface area contributed by atoms with E-state index in [-0.39, 0.29) is 10.8 Å². The van der Waals surface area contributed by atoms with Crippen molar-refractivity contribution in [3.8, 4) is 0 Å². The zero-order valence-electron chi connectivity index (χ0n) is 20.6. The van der Waals surface area contributed by atoms with Gasteiger partial charge < -0.3 is 14.8 Å². The number of rotatable bonds is 10. The minimum Gasteiger partial charge on any atom is -0.375 e. The van der Waals surface area contributed by atoms with Gasteiger partial charge in [-0.25, -0.2) is 13.4 Å². The van der Waals surface area contributed by atoms with Gasteiger partial charge in [-0.05, 0) is 49.6 Å². The van der Waals surface area contributed by atoms with E-state index in [2.05, 4.69) is 27.3 Å². The molecule has 0 unspecified atom stereocenters. The van der Waals surface area contributed by atoms with Gasteiger partial charge >= 0.3 is 0 Å². The number of sulfonamides is 1. The molecule has 1 aliphatic heterocycles. The Morgan fingerprint density at radius 2 is 1.83 bits per heavy atom. The first kappa shape index (κ1) is 25.2. The smallest absolute Gasteiger partial charge is 0.243 e. The van der Waals surface area contributed by atoms with Crippen LogP contribution in [0.5, 0.6) is 0 Å². The van der Waals surface area contributed by atoms with Crippen molar-refractivity contribution in [3.63, 3.8) is 0 Å². The molecule has 2 aromatic carbocycles. The van der Waals surface area contributed by atoms with E-state index in [4.69, 9.17) is 0 Å². The fourth-order valence-corrected chi connectivity index (χ4v) is 6.07. The van der Waals surface area contributed by atoms with Crippen LogP contribution in [0.4, 0.5) is 5.69 Å². The molecule has 2 heterocycles. The normalized spacial score (nSPS) is 14.8. The molecule has 0 radical (unpaired) electrons. The Bertz CT molecular complexity index is 1250. The quantitative estimate of drug-likeness (QED) is 0.434. The Labute approximate surface area is 208 Å². The molecular weight excluding hydrogens is 462 g/mol. The monoisotopic (exact) mass is 497 g/mol. The van der Waals surface area contributed by atoms with Crippen LogP contribution in [0.25, 0.3) is 11.0 Å². The van der Waals surface area contributed by atoms with Gasteiger partial charge in [-0.2, -0.15) is 4.31 Å². The molecule has 1 N–H and O–H groups in total. The molecule has 1 aliphatic rings. The summed E-state index contributed by atoms with van der Waals surface area (Å²) >= 11 is 0. The second kappa shape index (κ2) is 11.2. The first-order valence-corrected chi connectivity index (χ1v) is 13.8. The summed E-state index contributed by atoms with van der Waals surface area (Å²) in [4.78, 5) is 19.5. The largest absolute Gasteiger partial charge is 0.375 e. The number of hydrogen-bond acceptors (Lipinski definition) is 5. The molecule has 35 heavy (non-hydrogen) atoms. The summed E-state index contributed by atoms with van der Waals surface area (Å²) in [6, 6.07) is 15.3. The molecule has 188 valence electrons. The average molecular weight is 498 g/mol. The molecule has 1 amide bonds. The molecule has 0 atom stereocenters. The Morgan fingerprint density at radius 3 is 2.57 bits per heavy atom. The maximum atomic E-state index is 13.0. The molecule has 8 nitrogen and oxygen atoms in total. The second-order valence-corrected chi connectivity index (χ2v) is 11.1. The topological polar surface area (TPSA) is 87.5 Å². The van der Waals surface area contributed by atoms with Crippen LogP contribution in [-0.2, 0) is 28.3 Å². The Hall–Kier alpha value is -2.91. The van der Waals surface area contributed by atoms with Crippen LogP contribution in [-0.4, -0.2) is 61.4 Å². The molecule has 4 rings (SSSR count). The minimum atomic E-state index is -3.50. The predicted molar refractivity (Wildman–Crippen MR) is 139 cm³/mol. The van der Waals surface area contributed by atoms with E-state index in [0.29, 0.717) is 38.0 Å². The molecule has 9 heteroatoms. The van der Waals surface area contributed by atoms with Crippen molar-refractivity contribution in [1.29, 1.82) is 0 Å². The van der Waals surface area contributed by atoms with Crippen molar-refractivity contribution in [3.05, 3.63) is 54.4 Å². The number of anilines is 1. The lowest BCUT2D eigenvalue weighted by atomic mass is 10.2.